The Balaban J connectivity index is 1.23. The van der Waals surface area contributed by atoms with Crippen molar-refractivity contribution >= 4 is 33.6 Å². The van der Waals surface area contributed by atoms with Gasteiger partial charge in [-0.15, -0.1) is 0 Å². The summed E-state index contributed by atoms with van der Waals surface area (Å²) in [4.78, 5) is 41.8. The molecule has 4 aromatic rings. The number of hydrogen-bond acceptors (Lipinski definition) is 8. The predicted octanol–water partition coefficient (Wildman–Crippen LogP) is 4.91. The van der Waals surface area contributed by atoms with Crippen LogP contribution in [0.15, 0.2) is 109 Å². The summed E-state index contributed by atoms with van der Waals surface area (Å²) in [5.74, 6) is -0.758. The maximum Gasteiger partial charge on any atom is 0.410 e. The van der Waals surface area contributed by atoms with Crippen LogP contribution in [0.25, 0.3) is 0 Å². The first kappa shape index (κ1) is 40.9. The van der Waals surface area contributed by atoms with E-state index >= 15 is 0 Å². The van der Waals surface area contributed by atoms with Gasteiger partial charge < -0.3 is 30.7 Å². The average Bonchev–Trinajstić information content (AvgIpc) is 3.20. The van der Waals surface area contributed by atoms with Gasteiger partial charge in [-0.05, 0) is 73.5 Å². The molecule has 0 spiro atoms. The lowest BCUT2D eigenvalue weighted by atomic mass is 9.96. The third kappa shape index (κ3) is 12.1. The number of carbonyl (C=O) groups excluding carboxylic acids is 3. The highest BCUT2D eigenvalue weighted by molar-refractivity contribution is 7.92. The number of aliphatic hydroxyl groups is 1. The molecular formula is C42H51N5O7S. The standard InChI is InChI=1S/C42H51N5O7S/c1-30(34-17-11-6-12-18-34)44-40(49)35-24-36(26-37(25-35)46(2)55(3,52)53)41(50)45-38(23-31-13-7-4-8-14-31)39(48)28-43-27-32-19-21-47(22-20-32)42(51)54-29-33-15-9-5-10-16-33/h4-18,24-26,30,32,38-39,43,48H,19-23,27-29H2,1-3H3,(H,44,49)(H,45,50). The third-order valence-corrected chi connectivity index (χ3v) is 11.1. The predicted molar refractivity (Wildman–Crippen MR) is 213 cm³/mol. The minimum atomic E-state index is -3.73. The fourth-order valence-electron chi connectivity index (χ4n) is 6.46. The molecule has 55 heavy (non-hydrogen) atoms. The molecule has 5 rings (SSSR count). The number of carbonyl (C=O) groups is 3. The third-order valence-electron chi connectivity index (χ3n) is 9.89. The Bertz CT molecular complexity index is 1980. The summed E-state index contributed by atoms with van der Waals surface area (Å²) < 4.78 is 31.6. The van der Waals surface area contributed by atoms with E-state index < -0.39 is 34.0 Å². The second-order valence-corrected chi connectivity index (χ2v) is 16.1. The number of ether oxygens (including phenoxy) is 1. The topological polar surface area (TPSA) is 157 Å². The molecule has 3 amide bonds. The van der Waals surface area contributed by atoms with Crippen molar-refractivity contribution in [2.45, 2.75) is 51.0 Å². The highest BCUT2D eigenvalue weighted by Gasteiger charge is 2.27. The number of amides is 3. The SMILES string of the molecule is CC(NC(=O)c1cc(C(=O)NC(Cc2ccccc2)C(O)CNCC2CCN(C(=O)OCc3ccccc3)CC2)cc(N(C)S(C)(=O)=O)c1)c1ccccc1. The van der Waals surface area contributed by atoms with E-state index in [2.05, 4.69) is 16.0 Å². The van der Waals surface area contributed by atoms with Crippen molar-refractivity contribution in [3.8, 4) is 0 Å². The van der Waals surface area contributed by atoms with Gasteiger partial charge in [0.15, 0.2) is 0 Å². The van der Waals surface area contributed by atoms with Crippen LogP contribution < -0.4 is 20.3 Å². The van der Waals surface area contributed by atoms with Gasteiger partial charge in [0.2, 0.25) is 10.0 Å². The molecular weight excluding hydrogens is 719 g/mol. The van der Waals surface area contributed by atoms with Gasteiger partial charge in [0.05, 0.1) is 30.1 Å². The first-order valence-electron chi connectivity index (χ1n) is 18.5. The molecule has 3 unspecified atom stereocenters. The fourth-order valence-corrected chi connectivity index (χ4v) is 6.95. The Morgan fingerprint density at radius 2 is 1.38 bits per heavy atom. The van der Waals surface area contributed by atoms with E-state index in [-0.39, 0.29) is 48.0 Å². The zero-order valence-corrected chi connectivity index (χ0v) is 32.4. The number of nitrogens with one attached hydrogen (secondary N) is 3. The molecule has 1 fully saturated rings. The quantitative estimate of drug-likeness (QED) is 0.125. The van der Waals surface area contributed by atoms with Crippen LogP contribution in [0.2, 0.25) is 0 Å². The minimum Gasteiger partial charge on any atom is -0.445 e. The second-order valence-electron chi connectivity index (χ2n) is 14.1. The average molecular weight is 770 g/mol. The fraction of sp³-hybridized carbons (Fsp3) is 0.357. The van der Waals surface area contributed by atoms with Crippen LogP contribution in [0, 0.1) is 5.92 Å². The molecule has 4 N–H and O–H groups in total. The van der Waals surface area contributed by atoms with Crippen LogP contribution in [0.3, 0.4) is 0 Å². The Labute approximate surface area is 323 Å². The van der Waals surface area contributed by atoms with Crippen molar-refractivity contribution in [2.75, 3.05) is 43.8 Å². The Kier molecular flexibility index (Phi) is 14.4. The lowest BCUT2D eigenvalue weighted by Crippen LogP contribution is -2.49. The Morgan fingerprint density at radius 3 is 1.96 bits per heavy atom. The molecule has 13 heteroatoms. The number of sulfonamides is 1. The van der Waals surface area contributed by atoms with Crippen LogP contribution in [0.4, 0.5) is 10.5 Å². The van der Waals surface area contributed by atoms with Crippen LogP contribution in [0.1, 0.15) is 63.2 Å². The van der Waals surface area contributed by atoms with E-state index in [1.54, 1.807) is 4.90 Å². The smallest absolute Gasteiger partial charge is 0.410 e. The summed E-state index contributed by atoms with van der Waals surface area (Å²) >= 11 is 0. The summed E-state index contributed by atoms with van der Waals surface area (Å²) in [5.41, 5.74) is 3.04. The van der Waals surface area contributed by atoms with Crippen molar-refractivity contribution in [3.05, 3.63) is 137 Å². The van der Waals surface area contributed by atoms with E-state index in [4.69, 9.17) is 4.74 Å². The summed E-state index contributed by atoms with van der Waals surface area (Å²) in [6.45, 7) is 4.04. The van der Waals surface area contributed by atoms with E-state index in [1.165, 1.54) is 25.2 Å². The molecule has 1 aliphatic heterocycles. The van der Waals surface area contributed by atoms with Gasteiger partial charge in [0, 0.05) is 37.8 Å². The van der Waals surface area contributed by atoms with Gasteiger partial charge >= 0.3 is 6.09 Å². The zero-order valence-electron chi connectivity index (χ0n) is 31.6. The molecule has 1 aliphatic rings. The highest BCUT2D eigenvalue weighted by atomic mass is 32.2. The molecule has 12 nitrogen and oxygen atoms in total. The maximum absolute atomic E-state index is 13.9. The normalized spacial score (nSPS) is 15.0. The van der Waals surface area contributed by atoms with Gasteiger partial charge in [-0.25, -0.2) is 13.2 Å². The van der Waals surface area contributed by atoms with E-state index in [1.807, 2.05) is 97.9 Å². The van der Waals surface area contributed by atoms with Gasteiger partial charge in [-0.2, -0.15) is 0 Å². The molecule has 1 saturated heterocycles. The second kappa shape index (κ2) is 19.4. The number of hydrogen-bond donors (Lipinski definition) is 4. The number of anilines is 1. The first-order valence-corrected chi connectivity index (χ1v) is 20.4. The monoisotopic (exact) mass is 769 g/mol. The molecule has 0 bridgehead atoms. The van der Waals surface area contributed by atoms with Crippen molar-refractivity contribution < 1.29 is 32.6 Å². The number of piperidine rings is 1. The summed E-state index contributed by atoms with van der Waals surface area (Å²) in [6, 6.07) is 31.6. The van der Waals surface area contributed by atoms with Crippen molar-refractivity contribution in [1.82, 2.24) is 20.9 Å². The van der Waals surface area contributed by atoms with Crippen molar-refractivity contribution in [3.63, 3.8) is 0 Å². The van der Waals surface area contributed by atoms with E-state index in [0.29, 0.717) is 26.1 Å². The van der Waals surface area contributed by atoms with Crippen LogP contribution in [0.5, 0.6) is 0 Å². The molecule has 0 aliphatic carbocycles. The number of rotatable bonds is 16. The number of nitrogens with zero attached hydrogens (tertiary/aromatic N) is 2. The number of likely N-dealkylation sites (tertiary alicyclic amines) is 1. The summed E-state index contributed by atoms with van der Waals surface area (Å²) in [6.07, 6.45) is 1.62. The largest absolute Gasteiger partial charge is 0.445 e. The van der Waals surface area contributed by atoms with E-state index in [0.717, 1.165) is 40.1 Å². The maximum atomic E-state index is 13.9. The number of aliphatic hydroxyl groups excluding tert-OH is 1. The van der Waals surface area contributed by atoms with Crippen LogP contribution in [-0.4, -0.2) is 88.0 Å². The minimum absolute atomic E-state index is 0.0674. The summed E-state index contributed by atoms with van der Waals surface area (Å²) in [7, 11) is -2.37. The van der Waals surface area contributed by atoms with Crippen LogP contribution >= 0.6 is 0 Å². The van der Waals surface area contributed by atoms with Gasteiger partial charge in [0.25, 0.3) is 11.8 Å². The van der Waals surface area contributed by atoms with Gasteiger partial charge in [-0.3, -0.25) is 13.9 Å². The summed E-state index contributed by atoms with van der Waals surface area (Å²) in [5, 5.41) is 20.7. The zero-order chi connectivity index (χ0) is 39.4. The Morgan fingerprint density at radius 1 is 0.836 bits per heavy atom. The van der Waals surface area contributed by atoms with Crippen molar-refractivity contribution in [1.29, 1.82) is 0 Å². The lowest BCUT2D eigenvalue weighted by Gasteiger charge is -2.32. The van der Waals surface area contributed by atoms with Crippen molar-refractivity contribution in [2.24, 2.45) is 5.92 Å². The number of benzene rings is 4. The molecule has 0 saturated carbocycles. The first-order chi connectivity index (χ1) is 26.4. The molecule has 1 heterocycles. The molecule has 0 radical (unpaired) electrons. The molecule has 3 atom stereocenters. The molecule has 292 valence electrons. The van der Waals surface area contributed by atoms with Gasteiger partial charge in [0.1, 0.15) is 6.61 Å². The highest BCUT2D eigenvalue weighted by Crippen LogP contribution is 2.23. The van der Waals surface area contributed by atoms with Crippen LogP contribution in [-0.2, 0) is 27.8 Å². The lowest BCUT2D eigenvalue weighted by molar-refractivity contribution is 0.0784. The van der Waals surface area contributed by atoms with Gasteiger partial charge in [-0.1, -0.05) is 91.0 Å². The Hall–Kier alpha value is -5.24. The molecule has 0 aromatic heterocycles. The van der Waals surface area contributed by atoms with E-state index in [9.17, 15) is 27.9 Å². The molecule has 4 aromatic carbocycles.